The van der Waals surface area contributed by atoms with Gasteiger partial charge in [-0.05, 0) is 37.0 Å². The maximum Gasteiger partial charge on any atom is 0.306 e. The van der Waals surface area contributed by atoms with E-state index in [4.69, 9.17) is 14.2 Å². The van der Waals surface area contributed by atoms with Gasteiger partial charge in [-0.25, -0.2) is 0 Å². The van der Waals surface area contributed by atoms with Crippen LogP contribution in [0.5, 0.6) is 0 Å². The summed E-state index contributed by atoms with van der Waals surface area (Å²) in [5, 5.41) is 0. The highest BCUT2D eigenvalue weighted by Gasteiger charge is 2.19. The Balaban J connectivity index is 4.25. The minimum absolute atomic E-state index is 0.0663. The van der Waals surface area contributed by atoms with Crippen LogP contribution < -0.4 is 0 Å². The third-order valence-electron chi connectivity index (χ3n) is 11.5. The molecule has 0 heterocycles. The van der Waals surface area contributed by atoms with Crippen LogP contribution in [0, 0.1) is 17.8 Å². The molecular weight excluding hydrogens is 697 g/mol. The lowest BCUT2D eigenvalue weighted by molar-refractivity contribution is -0.167. The van der Waals surface area contributed by atoms with Crippen molar-refractivity contribution in [1.82, 2.24) is 0 Å². The molecule has 0 fully saturated rings. The minimum atomic E-state index is -0.763. The summed E-state index contributed by atoms with van der Waals surface area (Å²) in [6.45, 7) is 13.6. The Morgan fingerprint density at radius 3 is 0.929 bits per heavy atom. The molecule has 0 radical (unpaired) electrons. The Hall–Kier alpha value is -1.59. The first kappa shape index (κ1) is 54.4. The van der Waals surface area contributed by atoms with E-state index >= 15 is 0 Å². The monoisotopic (exact) mass is 793 g/mol. The number of rotatable bonds is 43. The van der Waals surface area contributed by atoms with Crippen molar-refractivity contribution in [2.45, 2.75) is 272 Å². The van der Waals surface area contributed by atoms with Crippen LogP contribution in [0.3, 0.4) is 0 Å². The summed E-state index contributed by atoms with van der Waals surface area (Å²) < 4.78 is 16.7. The molecule has 6 nitrogen and oxygen atoms in total. The molecule has 0 aliphatic carbocycles. The average Bonchev–Trinajstić information content (AvgIpc) is 3.16. The fraction of sp³-hybridized carbons (Fsp3) is 0.940. The van der Waals surface area contributed by atoms with E-state index in [1.807, 2.05) is 0 Å². The van der Waals surface area contributed by atoms with E-state index in [-0.39, 0.29) is 31.1 Å². The van der Waals surface area contributed by atoms with E-state index in [9.17, 15) is 14.4 Å². The van der Waals surface area contributed by atoms with E-state index in [1.165, 1.54) is 148 Å². The molecule has 0 bridgehead atoms. The Morgan fingerprint density at radius 2 is 0.625 bits per heavy atom. The average molecular weight is 793 g/mol. The van der Waals surface area contributed by atoms with Crippen molar-refractivity contribution >= 4 is 17.9 Å². The first-order valence-corrected chi connectivity index (χ1v) is 24.6. The Morgan fingerprint density at radius 1 is 0.357 bits per heavy atom. The second kappa shape index (κ2) is 41.6. The molecule has 0 aromatic carbocycles. The lowest BCUT2D eigenvalue weighted by Gasteiger charge is -2.18. The Labute approximate surface area is 348 Å². The van der Waals surface area contributed by atoms with Crippen LogP contribution in [0.4, 0.5) is 0 Å². The molecule has 0 rings (SSSR count). The van der Waals surface area contributed by atoms with Crippen molar-refractivity contribution in [2.24, 2.45) is 17.8 Å². The highest BCUT2D eigenvalue weighted by molar-refractivity contribution is 5.71. The highest BCUT2D eigenvalue weighted by atomic mass is 16.6. The van der Waals surface area contributed by atoms with E-state index in [1.54, 1.807) is 0 Å². The molecule has 332 valence electrons. The van der Waals surface area contributed by atoms with Crippen molar-refractivity contribution in [3.8, 4) is 0 Å². The molecule has 0 aromatic heterocycles. The number of ether oxygens (including phenoxy) is 3. The van der Waals surface area contributed by atoms with Crippen LogP contribution >= 0.6 is 0 Å². The van der Waals surface area contributed by atoms with Crippen LogP contribution in [0.2, 0.25) is 0 Å². The first-order valence-electron chi connectivity index (χ1n) is 24.6. The molecule has 0 aliphatic heterocycles. The minimum Gasteiger partial charge on any atom is -0.462 e. The van der Waals surface area contributed by atoms with Gasteiger partial charge in [-0.3, -0.25) is 14.4 Å². The number of hydrogen-bond acceptors (Lipinski definition) is 6. The fourth-order valence-electron chi connectivity index (χ4n) is 7.38. The fourth-order valence-corrected chi connectivity index (χ4v) is 7.38. The van der Waals surface area contributed by atoms with Crippen molar-refractivity contribution in [3.63, 3.8) is 0 Å². The van der Waals surface area contributed by atoms with Gasteiger partial charge < -0.3 is 14.2 Å². The molecule has 0 spiro atoms. The number of carbonyl (C=O) groups excluding carboxylic acids is 3. The highest BCUT2D eigenvalue weighted by Crippen LogP contribution is 2.18. The SMILES string of the molecule is CCC(C)CCCCCCCCC(=O)O[C@H](COC(=O)CCCCCCCCCCCCCCCCCC(C)C)COC(=O)CCCCCCCCCC(C)C. The van der Waals surface area contributed by atoms with Gasteiger partial charge in [-0.2, -0.15) is 0 Å². The zero-order valence-corrected chi connectivity index (χ0v) is 38.4. The van der Waals surface area contributed by atoms with Gasteiger partial charge in [-0.15, -0.1) is 0 Å². The van der Waals surface area contributed by atoms with Gasteiger partial charge in [0, 0.05) is 19.3 Å². The van der Waals surface area contributed by atoms with Crippen LogP contribution in [0.1, 0.15) is 266 Å². The molecule has 0 amide bonds. The lowest BCUT2D eigenvalue weighted by atomic mass is 10.00. The number of hydrogen-bond donors (Lipinski definition) is 0. The Bertz CT molecular complexity index is 870. The topological polar surface area (TPSA) is 78.9 Å². The molecule has 0 saturated carbocycles. The van der Waals surface area contributed by atoms with Gasteiger partial charge in [0.1, 0.15) is 13.2 Å². The normalized spacial score (nSPS) is 12.6. The van der Waals surface area contributed by atoms with E-state index in [2.05, 4.69) is 41.5 Å². The molecular formula is C50H96O6. The zero-order chi connectivity index (χ0) is 41.3. The maximum absolute atomic E-state index is 12.7. The van der Waals surface area contributed by atoms with E-state index < -0.39 is 6.10 Å². The van der Waals surface area contributed by atoms with Crippen LogP contribution in [-0.4, -0.2) is 37.2 Å². The van der Waals surface area contributed by atoms with Gasteiger partial charge >= 0.3 is 17.9 Å². The molecule has 56 heavy (non-hydrogen) atoms. The summed E-state index contributed by atoms with van der Waals surface area (Å²) in [5.74, 6) is 1.58. The summed E-state index contributed by atoms with van der Waals surface area (Å²) in [4.78, 5) is 37.8. The van der Waals surface area contributed by atoms with Crippen LogP contribution in [-0.2, 0) is 28.6 Å². The smallest absolute Gasteiger partial charge is 0.306 e. The molecule has 0 saturated heterocycles. The molecule has 0 aromatic rings. The zero-order valence-electron chi connectivity index (χ0n) is 38.4. The maximum atomic E-state index is 12.7. The van der Waals surface area contributed by atoms with Gasteiger partial charge in [0.25, 0.3) is 0 Å². The molecule has 2 atom stereocenters. The third kappa shape index (κ3) is 42.0. The van der Waals surface area contributed by atoms with Gasteiger partial charge in [-0.1, -0.05) is 228 Å². The third-order valence-corrected chi connectivity index (χ3v) is 11.5. The van der Waals surface area contributed by atoms with Gasteiger partial charge in [0.15, 0.2) is 6.10 Å². The Kier molecular flexibility index (Phi) is 40.4. The molecule has 0 N–H and O–H groups in total. The summed E-state index contributed by atoms with van der Waals surface area (Å²) in [5.41, 5.74) is 0. The van der Waals surface area contributed by atoms with Gasteiger partial charge in [0.05, 0.1) is 0 Å². The van der Waals surface area contributed by atoms with Crippen molar-refractivity contribution in [2.75, 3.05) is 13.2 Å². The summed E-state index contributed by atoms with van der Waals surface area (Å²) in [7, 11) is 0. The van der Waals surface area contributed by atoms with E-state index in [0.717, 1.165) is 75.5 Å². The van der Waals surface area contributed by atoms with Crippen molar-refractivity contribution in [3.05, 3.63) is 0 Å². The van der Waals surface area contributed by atoms with Gasteiger partial charge in [0.2, 0.25) is 0 Å². The summed E-state index contributed by atoms with van der Waals surface area (Å²) in [6, 6.07) is 0. The predicted molar refractivity (Wildman–Crippen MR) is 238 cm³/mol. The van der Waals surface area contributed by atoms with Crippen molar-refractivity contribution in [1.29, 1.82) is 0 Å². The second-order valence-electron chi connectivity index (χ2n) is 18.3. The number of unbranched alkanes of at least 4 members (excludes halogenated alkanes) is 25. The van der Waals surface area contributed by atoms with E-state index in [0.29, 0.717) is 19.3 Å². The molecule has 0 aliphatic rings. The quantitative estimate of drug-likeness (QED) is 0.0348. The molecule has 1 unspecified atom stereocenters. The summed E-state index contributed by atoms with van der Waals surface area (Å²) in [6.07, 6.45) is 39.6. The van der Waals surface area contributed by atoms with Crippen molar-refractivity contribution < 1.29 is 28.6 Å². The second-order valence-corrected chi connectivity index (χ2v) is 18.3. The standard InChI is InChI=1S/C50H96O6/c1-7-46(6)38-32-26-22-23-29-35-41-50(53)56-47(43-55-49(52)40-34-28-21-17-19-25-31-37-45(4)5)42-54-48(51)39-33-27-20-16-14-12-10-8-9-11-13-15-18-24-30-36-44(2)3/h44-47H,7-43H2,1-6H3/t46?,47-/m1/s1. The number of carbonyl (C=O) groups is 3. The first-order chi connectivity index (χ1) is 27.1. The largest absolute Gasteiger partial charge is 0.462 e. The number of esters is 3. The van der Waals surface area contributed by atoms with Crippen LogP contribution in [0.25, 0.3) is 0 Å². The molecule has 6 heteroatoms. The lowest BCUT2D eigenvalue weighted by Crippen LogP contribution is -2.30. The van der Waals surface area contributed by atoms with Crippen LogP contribution in [0.15, 0.2) is 0 Å². The predicted octanol–water partition coefficient (Wildman–Crippen LogP) is 15.6. The summed E-state index contributed by atoms with van der Waals surface area (Å²) >= 11 is 0.